The average Bonchev–Trinajstić information content (AvgIpc) is 3.23. The second-order valence-electron chi connectivity index (χ2n) is 5.27. The van der Waals surface area contributed by atoms with Crippen molar-refractivity contribution in [3.63, 3.8) is 0 Å². The van der Waals surface area contributed by atoms with Gasteiger partial charge in [-0.1, -0.05) is 53.9 Å². The third kappa shape index (κ3) is 5.25. The molecule has 1 aromatic rings. The molecular formula is C16H24BrNO. The number of rotatable bonds is 9. The van der Waals surface area contributed by atoms with Gasteiger partial charge in [-0.2, -0.15) is 0 Å². The second kappa shape index (κ2) is 8.03. The van der Waals surface area contributed by atoms with E-state index in [4.69, 9.17) is 4.74 Å². The number of nitrogens with one attached hydrogen (secondary N) is 1. The summed E-state index contributed by atoms with van der Waals surface area (Å²) in [6, 6.07) is 9.11. The normalized spacial score (nSPS) is 16.5. The first-order valence-electron chi connectivity index (χ1n) is 7.40. The third-order valence-corrected chi connectivity index (χ3v) is 4.21. The second-order valence-corrected chi connectivity index (χ2v) is 6.12. The Morgan fingerprint density at radius 3 is 2.79 bits per heavy atom. The fourth-order valence-electron chi connectivity index (χ4n) is 2.13. The minimum Gasteiger partial charge on any atom is -0.372 e. The highest BCUT2D eigenvalue weighted by molar-refractivity contribution is 9.10. The van der Waals surface area contributed by atoms with Crippen molar-refractivity contribution in [1.82, 2.24) is 5.32 Å². The Balaban J connectivity index is 1.90. The van der Waals surface area contributed by atoms with Crippen LogP contribution in [0.5, 0.6) is 0 Å². The van der Waals surface area contributed by atoms with Crippen molar-refractivity contribution in [3.8, 4) is 0 Å². The van der Waals surface area contributed by atoms with Crippen molar-refractivity contribution >= 4 is 15.9 Å². The Morgan fingerprint density at radius 2 is 2.11 bits per heavy atom. The highest BCUT2D eigenvalue weighted by Crippen LogP contribution is 2.27. The molecule has 0 aliphatic heterocycles. The molecule has 1 N–H and O–H groups in total. The first kappa shape index (κ1) is 15.0. The van der Waals surface area contributed by atoms with Crippen LogP contribution in [0.25, 0.3) is 0 Å². The average molecular weight is 326 g/mol. The van der Waals surface area contributed by atoms with E-state index in [1.807, 2.05) is 0 Å². The largest absolute Gasteiger partial charge is 0.372 e. The third-order valence-electron chi connectivity index (χ3n) is 3.49. The summed E-state index contributed by atoms with van der Waals surface area (Å²) >= 11 is 3.63. The molecule has 0 amide bonds. The van der Waals surface area contributed by atoms with Crippen LogP contribution in [0.4, 0.5) is 0 Å². The van der Waals surface area contributed by atoms with E-state index >= 15 is 0 Å². The lowest BCUT2D eigenvalue weighted by molar-refractivity contribution is 0.0493. The minimum absolute atomic E-state index is 0.160. The van der Waals surface area contributed by atoms with Crippen molar-refractivity contribution in [1.29, 1.82) is 0 Å². The van der Waals surface area contributed by atoms with Gasteiger partial charge >= 0.3 is 0 Å². The van der Waals surface area contributed by atoms with Crippen LogP contribution in [0.15, 0.2) is 28.7 Å². The summed E-state index contributed by atoms with van der Waals surface area (Å²) in [5, 5.41) is 3.58. The zero-order valence-electron chi connectivity index (χ0n) is 11.7. The van der Waals surface area contributed by atoms with E-state index in [0.29, 0.717) is 0 Å². The van der Waals surface area contributed by atoms with E-state index in [2.05, 4.69) is 52.4 Å². The maximum atomic E-state index is 6.10. The molecule has 0 aromatic heterocycles. The molecule has 19 heavy (non-hydrogen) atoms. The molecule has 1 atom stereocenters. The first-order valence-corrected chi connectivity index (χ1v) is 8.20. The number of benzene rings is 1. The summed E-state index contributed by atoms with van der Waals surface area (Å²) in [6.07, 6.45) is 6.44. The summed E-state index contributed by atoms with van der Waals surface area (Å²) in [6.45, 7) is 3.99. The lowest BCUT2D eigenvalue weighted by atomic mass is 10.1. The van der Waals surface area contributed by atoms with Gasteiger partial charge in [0.2, 0.25) is 0 Å². The van der Waals surface area contributed by atoms with Crippen LogP contribution < -0.4 is 5.32 Å². The highest BCUT2D eigenvalue weighted by Gasteiger charge is 2.23. The number of unbranched alkanes of at least 4 members (excludes halogenated alkanes) is 2. The van der Waals surface area contributed by atoms with E-state index < -0.39 is 0 Å². The van der Waals surface area contributed by atoms with Crippen LogP contribution >= 0.6 is 15.9 Å². The van der Waals surface area contributed by atoms with Crippen LogP contribution in [0.1, 0.15) is 50.7 Å². The maximum absolute atomic E-state index is 6.10. The molecule has 3 heteroatoms. The predicted molar refractivity (Wildman–Crippen MR) is 83.4 cm³/mol. The van der Waals surface area contributed by atoms with Crippen LogP contribution in [0.2, 0.25) is 0 Å². The molecule has 2 rings (SSSR count). The molecule has 1 fully saturated rings. The Morgan fingerprint density at radius 1 is 1.32 bits per heavy atom. The van der Waals surface area contributed by atoms with Gasteiger partial charge in [0.05, 0.1) is 6.10 Å². The fraction of sp³-hybridized carbons (Fsp3) is 0.625. The molecule has 0 heterocycles. The van der Waals surface area contributed by atoms with Gasteiger partial charge in [0.15, 0.2) is 0 Å². The summed E-state index contributed by atoms with van der Waals surface area (Å²) < 4.78 is 7.24. The molecular weight excluding hydrogens is 302 g/mol. The SMILES string of the molecule is CCCCCOC(CNC1CC1)c1ccccc1Br. The van der Waals surface area contributed by atoms with Crippen molar-refractivity contribution < 1.29 is 4.74 Å². The smallest absolute Gasteiger partial charge is 0.0960 e. The number of ether oxygens (including phenoxy) is 1. The summed E-state index contributed by atoms with van der Waals surface area (Å²) in [7, 11) is 0. The van der Waals surface area contributed by atoms with E-state index in [0.717, 1.165) is 30.1 Å². The molecule has 2 nitrogen and oxygen atoms in total. The quantitative estimate of drug-likeness (QED) is 0.677. The minimum atomic E-state index is 0.160. The van der Waals surface area contributed by atoms with Gasteiger partial charge < -0.3 is 10.1 Å². The van der Waals surface area contributed by atoms with Crippen molar-refractivity contribution in [3.05, 3.63) is 34.3 Å². The van der Waals surface area contributed by atoms with Gasteiger partial charge in [0.1, 0.15) is 0 Å². The van der Waals surface area contributed by atoms with Crippen molar-refractivity contribution in [2.24, 2.45) is 0 Å². The molecule has 106 valence electrons. The zero-order valence-corrected chi connectivity index (χ0v) is 13.3. The number of hydrogen-bond donors (Lipinski definition) is 1. The van der Waals surface area contributed by atoms with Crippen molar-refractivity contribution in [2.45, 2.75) is 51.2 Å². The van der Waals surface area contributed by atoms with Gasteiger partial charge in [0.25, 0.3) is 0 Å². The summed E-state index contributed by atoms with van der Waals surface area (Å²) in [4.78, 5) is 0. The molecule has 0 spiro atoms. The van der Waals surface area contributed by atoms with Crippen molar-refractivity contribution in [2.75, 3.05) is 13.2 Å². The van der Waals surface area contributed by atoms with Gasteiger partial charge in [-0.15, -0.1) is 0 Å². The molecule has 0 radical (unpaired) electrons. The first-order chi connectivity index (χ1) is 9.31. The van der Waals surface area contributed by atoms with E-state index in [1.54, 1.807) is 0 Å². The van der Waals surface area contributed by atoms with Crippen LogP contribution in [-0.4, -0.2) is 19.2 Å². The Kier molecular flexibility index (Phi) is 6.35. The van der Waals surface area contributed by atoms with Crippen LogP contribution in [0, 0.1) is 0 Å². The molecule has 1 aliphatic rings. The fourth-order valence-corrected chi connectivity index (χ4v) is 2.67. The standard InChI is InChI=1S/C16H24BrNO/c1-2-3-6-11-19-16(12-18-13-9-10-13)14-7-4-5-8-15(14)17/h4-5,7-8,13,16,18H,2-3,6,9-12H2,1H3. The van der Waals surface area contributed by atoms with Crippen LogP contribution in [-0.2, 0) is 4.74 Å². The van der Waals surface area contributed by atoms with Gasteiger partial charge in [0, 0.05) is 23.7 Å². The molecule has 1 unspecified atom stereocenters. The van der Waals surface area contributed by atoms with Crippen LogP contribution in [0.3, 0.4) is 0 Å². The van der Waals surface area contributed by atoms with E-state index in [1.165, 1.54) is 31.2 Å². The molecule has 1 saturated carbocycles. The Hall–Kier alpha value is -0.380. The van der Waals surface area contributed by atoms with Gasteiger partial charge in [-0.25, -0.2) is 0 Å². The zero-order chi connectivity index (χ0) is 13.5. The molecule has 1 aliphatic carbocycles. The highest BCUT2D eigenvalue weighted by atomic mass is 79.9. The molecule has 0 bridgehead atoms. The van der Waals surface area contributed by atoms with E-state index in [9.17, 15) is 0 Å². The summed E-state index contributed by atoms with van der Waals surface area (Å²) in [5.41, 5.74) is 1.26. The number of halogens is 1. The topological polar surface area (TPSA) is 21.3 Å². The lowest BCUT2D eigenvalue weighted by Crippen LogP contribution is -2.25. The predicted octanol–water partition coefficient (Wildman–Crippen LogP) is 4.45. The van der Waals surface area contributed by atoms with Gasteiger partial charge in [-0.05, 0) is 30.9 Å². The monoisotopic (exact) mass is 325 g/mol. The Bertz CT molecular complexity index is 379. The summed E-state index contributed by atoms with van der Waals surface area (Å²) in [5.74, 6) is 0. The molecule has 1 aromatic carbocycles. The van der Waals surface area contributed by atoms with Gasteiger partial charge in [-0.3, -0.25) is 0 Å². The Labute approximate surface area is 125 Å². The number of hydrogen-bond acceptors (Lipinski definition) is 2. The maximum Gasteiger partial charge on any atom is 0.0960 e. The molecule has 0 saturated heterocycles. The van der Waals surface area contributed by atoms with E-state index in [-0.39, 0.29) is 6.10 Å². The lowest BCUT2D eigenvalue weighted by Gasteiger charge is -2.20.